The first-order valence-electron chi connectivity index (χ1n) is 6.54. The van der Waals surface area contributed by atoms with Crippen molar-refractivity contribution in [2.24, 2.45) is 5.73 Å². The Kier molecular flexibility index (Phi) is 4.24. The second-order valence-electron chi connectivity index (χ2n) is 5.15. The van der Waals surface area contributed by atoms with Gasteiger partial charge in [-0.15, -0.1) is 17.5 Å². The van der Waals surface area contributed by atoms with Crippen LogP contribution in [0.3, 0.4) is 0 Å². The van der Waals surface area contributed by atoms with E-state index in [1.807, 2.05) is 31.2 Å². The summed E-state index contributed by atoms with van der Waals surface area (Å²) in [6.45, 7) is 1.81. The van der Waals surface area contributed by atoms with Gasteiger partial charge in [0.15, 0.2) is 5.82 Å². The number of amides is 1. The standard InChI is InChI=1S/C13H16N6O.ClH/c1-9-16-17-18-19(9)11-5-2-4-10(8-11)15-12(20)13(14)6-3-7-13;/h2,4-5,8H,3,6-7,14H2,1H3,(H,15,20);1H. The molecule has 112 valence electrons. The van der Waals surface area contributed by atoms with Crippen LogP contribution in [0.4, 0.5) is 5.69 Å². The number of anilines is 1. The molecule has 0 atom stereocenters. The van der Waals surface area contributed by atoms with Gasteiger partial charge in [0.25, 0.3) is 0 Å². The molecule has 1 saturated carbocycles. The van der Waals surface area contributed by atoms with E-state index < -0.39 is 5.54 Å². The molecule has 3 N–H and O–H groups in total. The van der Waals surface area contributed by atoms with Crippen LogP contribution in [-0.2, 0) is 4.79 Å². The molecule has 3 rings (SSSR count). The molecule has 0 radical (unpaired) electrons. The molecular formula is C13H17ClN6O. The summed E-state index contributed by atoms with van der Waals surface area (Å²) in [6, 6.07) is 7.36. The van der Waals surface area contributed by atoms with Gasteiger partial charge in [0.05, 0.1) is 11.2 Å². The minimum absolute atomic E-state index is 0. The van der Waals surface area contributed by atoms with Gasteiger partial charge in [0, 0.05) is 5.69 Å². The van der Waals surface area contributed by atoms with Gasteiger partial charge in [-0.05, 0) is 54.8 Å². The zero-order chi connectivity index (χ0) is 14.2. The highest BCUT2D eigenvalue weighted by Crippen LogP contribution is 2.30. The molecular weight excluding hydrogens is 292 g/mol. The van der Waals surface area contributed by atoms with Gasteiger partial charge in [-0.1, -0.05) is 6.07 Å². The van der Waals surface area contributed by atoms with E-state index in [0.717, 1.165) is 24.9 Å². The number of aryl methyl sites for hydroxylation is 1. The number of hydrogen-bond acceptors (Lipinski definition) is 5. The zero-order valence-electron chi connectivity index (χ0n) is 11.6. The van der Waals surface area contributed by atoms with Gasteiger partial charge < -0.3 is 11.1 Å². The molecule has 1 aromatic carbocycles. The smallest absolute Gasteiger partial charge is 0.244 e. The molecule has 1 aliphatic carbocycles. The van der Waals surface area contributed by atoms with Gasteiger partial charge in [-0.3, -0.25) is 4.79 Å². The van der Waals surface area contributed by atoms with E-state index in [-0.39, 0.29) is 18.3 Å². The van der Waals surface area contributed by atoms with Crippen molar-refractivity contribution in [3.63, 3.8) is 0 Å². The van der Waals surface area contributed by atoms with Crippen LogP contribution in [0, 0.1) is 6.92 Å². The summed E-state index contributed by atoms with van der Waals surface area (Å²) in [5.74, 6) is 0.553. The van der Waals surface area contributed by atoms with E-state index in [1.165, 1.54) is 0 Å². The maximum Gasteiger partial charge on any atom is 0.244 e. The van der Waals surface area contributed by atoms with Crippen LogP contribution in [0.5, 0.6) is 0 Å². The highest BCUT2D eigenvalue weighted by Gasteiger charge is 2.40. The third kappa shape index (κ3) is 2.88. The van der Waals surface area contributed by atoms with Gasteiger partial charge in [-0.25, -0.2) is 0 Å². The number of hydrogen-bond donors (Lipinski definition) is 2. The number of halogens is 1. The molecule has 2 aromatic rings. The topological polar surface area (TPSA) is 98.7 Å². The minimum atomic E-state index is -0.708. The van der Waals surface area contributed by atoms with E-state index in [9.17, 15) is 4.79 Å². The number of nitrogens with one attached hydrogen (secondary N) is 1. The van der Waals surface area contributed by atoms with E-state index in [4.69, 9.17) is 5.73 Å². The third-order valence-corrected chi connectivity index (χ3v) is 3.67. The minimum Gasteiger partial charge on any atom is -0.324 e. The SMILES string of the molecule is Cc1nnnn1-c1cccc(NC(=O)C2(N)CCC2)c1.Cl. The summed E-state index contributed by atoms with van der Waals surface area (Å²) >= 11 is 0. The molecule has 21 heavy (non-hydrogen) atoms. The molecule has 0 aliphatic heterocycles. The second kappa shape index (κ2) is 5.79. The predicted octanol–water partition coefficient (Wildman–Crippen LogP) is 1.21. The average molecular weight is 309 g/mol. The molecule has 1 fully saturated rings. The lowest BCUT2D eigenvalue weighted by Gasteiger charge is -2.36. The fraction of sp³-hybridized carbons (Fsp3) is 0.385. The Labute approximate surface area is 128 Å². The highest BCUT2D eigenvalue weighted by molar-refractivity contribution is 5.98. The van der Waals surface area contributed by atoms with Crippen LogP contribution < -0.4 is 11.1 Å². The first-order chi connectivity index (χ1) is 9.58. The molecule has 0 unspecified atom stereocenters. The van der Waals surface area contributed by atoms with Crippen molar-refractivity contribution < 1.29 is 4.79 Å². The zero-order valence-corrected chi connectivity index (χ0v) is 12.4. The normalized spacial score (nSPS) is 15.7. The van der Waals surface area contributed by atoms with E-state index in [2.05, 4.69) is 20.8 Å². The molecule has 0 saturated heterocycles. The maximum atomic E-state index is 12.1. The van der Waals surface area contributed by atoms with Crippen LogP contribution in [0.2, 0.25) is 0 Å². The number of nitrogens with zero attached hydrogens (tertiary/aromatic N) is 4. The van der Waals surface area contributed by atoms with E-state index >= 15 is 0 Å². The Balaban J connectivity index is 0.00000161. The Bertz CT molecular complexity index is 652. The lowest BCUT2D eigenvalue weighted by Crippen LogP contribution is -2.56. The number of tetrazole rings is 1. The van der Waals surface area contributed by atoms with Crippen molar-refractivity contribution in [2.45, 2.75) is 31.7 Å². The quantitative estimate of drug-likeness (QED) is 0.888. The number of carbonyl (C=O) groups is 1. The highest BCUT2D eigenvalue weighted by atomic mass is 35.5. The summed E-state index contributed by atoms with van der Waals surface area (Å²) < 4.78 is 1.61. The van der Waals surface area contributed by atoms with Crippen molar-refractivity contribution in [2.75, 3.05) is 5.32 Å². The summed E-state index contributed by atoms with van der Waals surface area (Å²) in [5, 5.41) is 14.2. The van der Waals surface area contributed by atoms with Crippen molar-refractivity contribution in [3.05, 3.63) is 30.1 Å². The Morgan fingerprint density at radius 1 is 1.43 bits per heavy atom. The molecule has 8 heteroatoms. The molecule has 1 aliphatic rings. The second-order valence-corrected chi connectivity index (χ2v) is 5.15. The lowest BCUT2D eigenvalue weighted by molar-refractivity contribution is -0.123. The van der Waals surface area contributed by atoms with Crippen molar-refractivity contribution in [3.8, 4) is 5.69 Å². The van der Waals surface area contributed by atoms with Crippen LogP contribution >= 0.6 is 12.4 Å². The van der Waals surface area contributed by atoms with E-state index in [0.29, 0.717) is 11.5 Å². The lowest BCUT2D eigenvalue weighted by atomic mass is 9.77. The average Bonchev–Trinajstić information content (AvgIpc) is 2.82. The molecule has 0 spiro atoms. The monoisotopic (exact) mass is 308 g/mol. The molecule has 1 heterocycles. The van der Waals surface area contributed by atoms with Crippen LogP contribution in [-0.4, -0.2) is 31.7 Å². The Morgan fingerprint density at radius 3 is 2.76 bits per heavy atom. The first-order valence-corrected chi connectivity index (χ1v) is 6.54. The van der Waals surface area contributed by atoms with Crippen LogP contribution in [0.15, 0.2) is 24.3 Å². The van der Waals surface area contributed by atoms with Gasteiger partial charge >= 0.3 is 0 Å². The summed E-state index contributed by atoms with van der Waals surface area (Å²) in [7, 11) is 0. The Hall–Kier alpha value is -1.99. The van der Waals surface area contributed by atoms with Gasteiger partial charge in [0.1, 0.15) is 0 Å². The van der Waals surface area contributed by atoms with Crippen molar-refractivity contribution in [1.29, 1.82) is 0 Å². The molecule has 7 nitrogen and oxygen atoms in total. The van der Waals surface area contributed by atoms with Crippen LogP contribution in [0.25, 0.3) is 5.69 Å². The Morgan fingerprint density at radius 2 is 2.19 bits per heavy atom. The van der Waals surface area contributed by atoms with E-state index in [1.54, 1.807) is 4.68 Å². The maximum absolute atomic E-state index is 12.1. The number of benzene rings is 1. The van der Waals surface area contributed by atoms with Crippen LogP contribution in [0.1, 0.15) is 25.1 Å². The van der Waals surface area contributed by atoms with Gasteiger partial charge in [0.2, 0.25) is 5.91 Å². The third-order valence-electron chi connectivity index (χ3n) is 3.67. The molecule has 1 amide bonds. The number of aromatic nitrogens is 4. The van der Waals surface area contributed by atoms with Gasteiger partial charge in [-0.2, -0.15) is 4.68 Å². The van der Waals surface area contributed by atoms with Crippen molar-refractivity contribution in [1.82, 2.24) is 20.2 Å². The molecule has 0 bridgehead atoms. The summed E-state index contributed by atoms with van der Waals surface area (Å²) in [4.78, 5) is 12.1. The fourth-order valence-corrected chi connectivity index (χ4v) is 2.23. The van der Waals surface area contributed by atoms with Crippen molar-refractivity contribution >= 4 is 24.0 Å². The predicted molar refractivity (Wildman–Crippen MR) is 80.5 cm³/mol. The molecule has 1 aromatic heterocycles. The first kappa shape index (κ1) is 15.4. The number of rotatable bonds is 3. The largest absolute Gasteiger partial charge is 0.324 e. The fourth-order valence-electron chi connectivity index (χ4n) is 2.23. The summed E-state index contributed by atoms with van der Waals surface area (Å²) in [6.07, 6.45) is 2.49. The summed E-state index contributed by atoms with van der Waals surface area (Å²) in [5.41, 5.74) is 6.78. The number of carbonyl (C=O) groups excluding carboxylic acids is 1. The number of nitrogens with two attached hydrogens (primary N) is 1.